The molecule has 4 heterocycles. The summed E-state index contributed by atoms with van der Waals surface area (Å²) in [7, 11) is 1.56. The van der Waals surface area contributed by atoms with Crippen LogP contribution in [0.15, 0.2) is 21.5 Å². The van der Waals surface area contributed by atoms with Gasteiger partial charge in [-0.25, -0.2) is 4.52 Å². The Morgan fingerprint density at radius 1 is 1.31 bits per heavy atom. The summed E-state index contributed by atoms with van der Waals surface area (Å²) >= 11 is 0. The van der Waals surface area contributed by atoms with Crippen LogP contribution in [0.25, 0.3) is 17.1 Å². The number of nitrogens with one attached hydrogen (secondary N) is 2. The molecule has 0 bridgehead atoms. The molecule has 0 spiro atoms. The second kappa shape index (κ2) is 8.24. The van der Waals surface area contributed by atoms with Crippen molar-refractivity contribution in [1.29, 1.82) is 0 Å². The van der Waals surface area contributed by atoms with Crippen LogP contribution < -0.4 is 10.9 Å². The van der Waals surface area contributed by atoms with E-state index in [0.717, 1.165) is 31.6 Å². The van der Waals surface area contributed by atoms with Gasteiger partial charge in [0.15, 0.2) is 0 Å². The lowest BCUT2D eigenvalue weighted by atomic mass is 9.94. The number of piperidine rings is 1. The molecule has 0 saturated carbocycles. The van der Waals surface area contributed by atoms with E-state index in [-0.39, 0.29) is 12.2 Å². The molecule has 0 radical (unpaired) electrons. The van der Waals surface area contributed by atoms with Crippen LogP contribution in [-0.2, 0) is 11.3 Å². The Bertz CT molecular complexity index is 907. The van der Waals surface area contributed by atoms with Crippen LogP contribution in [0.5, 0.6) is 0 Å². The summed E-state index contributed by atoms with van der Waals surface area (Å²) in [6.45, 7) is 6.12. The highest BCUT2D eigenvalue weighted by Gasteiger charge is 2.22. The third-order valence-corrected chi connectivity index (χ3v) is 4.26. The molecule has 4 rings (SSSR count). The molecule has 1 aliphatic rings. The van der Waals surface area contributed by atoms with Gasteiger partial charge >= 0.3 is 0 Å². The summed E-state index contributed by atoms with van der Waals surface area (Å²) in [5.41, 5.74) is 1.94. The Morgan fingerprint density at radius 2 is 2.08 bits per heavy atom. The number of nitrogens with zero attached hydrogens (tertiary/aromatic N) is 4. The Labute approximate surface area is 150 Å². The summed E-state index contributed by atoms with van der Waals surface area (Å²) < 4.78 is 12.3. The van der Waals surface area contributed by atoms with Gasteiger partial charge in [-0.15, -0.1) is 10.2 Å². The summed E-state index contributed by atoms with van der Waals surface area (Å²) in [6, 6.07) is 1.63. The minimum atomic E-state index is -0.158. The number of fused-ring (bicyclic) bond motifs is 1. The van der Waals surface area contributed by atoms with E-state index >= 15 is 0 Å². The first-order chi connectivity index (χ1) is 12.8. The van der Waals surface area contributed by atoms with Gasteiger partial charge in [-0.2, -0.15) is 5.10 Å². The molecule has 3 aromatic rings. The van der Waals surface area contributed by atoms with Gasteiger partial charge in [0.1, 0.15) is 17.8 Å². The van der Waals surface area contributed by atoms with Gasteiger partial charge in [-0.05, 0) is 25.9 Å². The third kappa shape index (κ3) is 3.54. The van der Waals surface area contributed by atoms with E-state index in [1.54, 1.807) is 23.9 Å². The lowest BCUT2D eigenvalue weighted by molar-refractivity contribution is 0.160. The number of aromatic nitrogens is 5. The summed E-state index contributed by atoms with van der Waals surface area (Å²) in [5, 5.41) is 15.7. The van der Waals surface area contributed by atoms with Gasteiger partial charge in [0.2, 0.25) is 5.89 Å². The van der Waals surface area contributed by atoms with Gasteiger partial charge in [0.05, 0.1) is 11.9 Å². The third-order valence-electron chi connectivity index (χ3n) is 4.26. The van der Waals surface area contributed by atoms with Crippen LogP contribution in [0, 0.1) is 0 Å². The zero-order chi connectivity index (χ0) is 18.5. The van der Waals surface area contributed by atoms with E-state index in [2.05, 4.69) is 25.6 Å². The first-order valence-corrected chi connectivity index (χ1v) is 8.89. The fraction of sp³-hybridized carbons (Fsp3) is 0.529. The van der Waals surface area contributed by atoms with Gasteiger partial charge in [-0.1, -0.05) is 13.8 Å². The van der Waals surface area contributed by atoms with Crippen LogP contribution >= 0.6 is 0 Å². The van der Waals surface area contributed by atoms with Crippen molar-refractivity contribution in [3.63, 3.8) is 0 Å². The zero-order valence-electron chi connectivity index (χ0n) is 15.3. The highest BCUT2D eigenvalue weighted by molar-refractivity contribution is 5.70. The lowest BCUT2D eigenvalue weighted by Crippen LogP contribution is -2.28. The number of aromatic amines is 1. The van der Waals surface area contributed by atoms with Gasteiger partial charge < -0.3 is 19.5 Å². The van der Waals surface area contributed by atoms with Crippen molar-refractivity contribution in [2.45, 2.75) is 39.2 Å². The van der Waals surface area contributed by atoms with Crippen molar-refractivity contribution in [1.82, 2.24) is 30.1 Å². The standard InChI is InChI=1S/C15H18N6O3.C2H6/c1-23-8-13-19-20-15(24-13)10-7-17-21-11(6-12(22)18-14(10)21)9-2-4-16-5-3-9;1-2/h6-7,9,16H,2-5,8H2,1H3,(H,18,22);1-2H3. The molecule has 0 amide bonds. The number of hydrogen-bond acceptors (Lipinski definition) is 7. The van der Waals surface area contributed by atoms with Crippen LogP contribution in [0.4, 0.5) is 0 Å². The fourth-order valence-electron chi connectivity index (χ4n) is 3.12. The highest BCUT2D eigenvalue weighted by Crippen LogP contribution is 2.27. The molecule has 0 aliphatic carbocycles. The molecule has 3 aromatic heterocycles. The average molecular weight is 360 g/mol. The summed E-state index contributed by atoms with van der Waals surface area (Å²) in [6.07, 6.45) is 3.60. The van der Waals surface area contributed by atoms with E-state index in [1.807, 2.05) is 13.8 Å². The summed E-state index contributed by atoms with van der Waals surface area (Å²) in [5.74, 6) is 0.995. The molecule has 0 atom stereocenters. The van der Waals surface area contributed by atoms with E-state index in [1.165, 1.54) is 0 Å². The quantitative estimate of drug-likeness (QED) is 0.729. The molecular weight excluding hydrogens is 336 g/mol. The number of rotatable bonds is 4. The smallest absolute Gasteiger partial charge is 0.253 e. The number of H-pyrrole nitrogens is 1. The van der Waals surface area contributed by atoms with Crippen LogP contribution in [0.2, 0.25) is 0 Å². The Morgan fingerprint density at radius 3 is 2.81 bits per heavy atom. The zero-order valence-corrected chi connectivity index (χ0v) is 15.3. The van der Waals surface area contributed by atoms with Crippen LogP contribution in [0.1, 0.15) is 44.2 Å². The first-order valence-electron chi connectivity index (χ1n) is 8.89. The first kappa shape index (κ1) is 18.3. The van der Waals surface area contributed by atoms with Crippen molar-refractivity contribution >= 4 is 5.65 Å². The predicted molar refractivity (Wildman–Crippen MR) is 96.0 cm³/mol. The van der Waals surface area contributed by atoms with Gasteiger partial charge in [0, 0.05) is 19.1 Å². The monoisotopic (exact) mass is 360 g/mol. The van der Waals surface area contributed by atoms with E-state index in [9.17, 15) is 4.79 Å². The van der Waals surface area contributed by atoms with Crippen molar-refractivity contribution in [3.8, 4) is 11.5 Å². The molecular formula is C17H24N6O3. The van der Waals surface area contributed by atoms with Crippen molar-refractivity contribution in [2.75, 3.05) is 20.2 Å². The second-order valence-electron chi connectivity index (χ2n) is 5.84. The Hall–Kier alpha value is -2.52. The van der Waals surface area contributed by atoms with Gasteiger partial charge in [-0.3, -0.25) is 4.79 Å². The Kier molecular flexibility index (Phi) is 5.79. The van der Waals surface area contributed by atoms with Crippen molar-refractivity contribution in [3.05, 3.63) is 34.2 Å². The largest absolute Gasteiger partial charge is 0.418 e. The second-order valence-corrected chi connectivity index (χ2v) is 5.84. The maximum atomic E-state index is 12.1. The molecule has 9 heteroatoms. The van der Waals surface area contributed by atoms with Crippen molar-refractivity contribution in [2.24, 2.45) is 0 Å². The fourth-order valence-corrected chi connectivity index (χ4v) is 3.12. The predicted octanol–water partition coefficient (Wildman–Crippen LogP) is 1.71. The molecule has 26 heavy (non-hydrogen) atoms. The maximum Gasteiger partial charge on any atom is 0.253 e. The number of hydrogen-bond donors (Lipinski definition) is 2. The molecule has 140 valence electrons. The Balaban J connectivity index is 0.000000948. The summed E-state index contributed by atoms with van der Waals surface area (Å²) in [4.78, 5) is 15.0. The van der Waals surface area contributed by atoms with Crippen molar-refractivity contribution < 1.29 is 9.15 Å². The SMILES string of the molecule is CC.COCc1nnc(-c2cnn3c(C4CCNCC4)cc(=O)[nH]c23)o1. The molecule has 1 saturated heterocycles. The average Bonchev–Trinajstić information content (AvgIpc) is 3.30. The number of ether oxygens (including phenoxy) is 1. The molecule has 0 aromatic carbocycles. The minimum Gasteiger partial charge on any atom is -0.418 e. The highest BCUT2D eigenvalue weighted by atomic mass is 16.5. The van der Waals surface area contributed by atoms with E-state index in [0.29, 0.717) is 28.9 Å². The van der Waals surface area contributed by atoms with Crippen LogP contribution in [-0.4, -0.2) is 45.0 Å². The van der Waals surface area contributed by atoms with Gasteiger partial charge in [0.25, 0.3) is 11.4 Å². The molecule has 1 fully saturated rings. The van der Waals surface area contributed by atoms with Crippen LogP contribution in [0.3, 0.4) is 0 Å². The molecule has 9 nitrogen and oxygen atoms in total. The number of methoxy groups -OCH3 is 1. The van der Waals surface area contributed by atoms with E-state index in [4.69, 9.17) is 9.15 Å². The topological polar surface area (TPSA) is 110 Å². The van der Waals surface area contributed by atoms with E-state index < -0.39 is 0 Å². The molecule has 2 N–H and O–H groups in total. The molecule has 0 unspecified atom stereocenters. The molecule has 1 aliphatic heterocycles. The maximum absolute atomic E-state index is 12.1. The normalized spacial score (nSPS) is 15.0. The minimum absolute atomic E-state index is 0.158. The lowest BCUT2D eigenvalue weighted by Gasteiger charge is -2.23.